The Morgan fingerprint density at radius 1 is 1.18 bits per heavy atom. The van der Waals surface area contributed by atoms with E-state index in [1.165, 1.54) is 6.42 Å². The van der Waals surface area contributed by atoms with Gasteiger partial charge in [0, 0.05) is 18.4 Å². The molecule has 22 heavy (non-hydrogen) atoms. The Morgan fingerprint density at radius 3 is 2.36 bits per heavy atom. The van der Waals surface area contributed by atoms with Crippen LogP contribution in [0, 0.1) is 11.8 Å². The summed E-state index contributed by atoms with van der Waals surface area (Å²) in [5, 5.41) is 15.4. The molecule has 2 aliphatic rings. The van der Waals surface area contributed by atoms with Crippen molar-refractivity contribution >= 4 is 11.8 Å². The summed E-state index contributed by atoms with van der Waals surface area (Å²) in [6.45, 7) is 3.73. The molecule has 2 fully saturated rings. The fourth-order valence-corrected chi connectivity index (χ4v) is 3.42. The Bertz CT molecular complexity index is 403. The Morgan fingerprint density at radius 2 is 1.82 bits per heavy atom. The fourth-order valence-electron chi connectivity index (χ4n) is 3.42. The molecule has 5 nitrogen and oxygen atoms in total. The van der Waals surface area contributed by atoms with Crippen LogP contribution in [0.25, 0.3) is 0 Å². The van der Waals surface area contributed by atoms with Gasteiger partial charge in [-0.05, 0) is 45.4 Å². The Labute approximate surface area is 133 Å². The highest BCUT2D eigenvalue weighted by Gasteiger charge is 2.42. The van der Waals surface area contributed by atoms with Crippen molar-refractivity contribution in [3.8, 4) is 0 Å². The van der Waals surface area contributed by atoms with Crippen LogP contribution in [0.15, 0.2) is 0 Å². The topological polar surface area (TPSA) is 78.4 Å². The molecule has 2 aliphatic carbocycles. The summed E-state index contributed by atoms with van der Waals surface area (Å²) < 4.78 is 0. The zero-order valence-electron chi connectivity index (χ0n) is 13.9. The predicted octanol–water partition coefficient (Wildman–Crippen LogP) is 1.74. The van der Waals surface area contributed by atoms with Crippen LogP contribution < -0.4 is 10.6 Å². The number of nitrogens with one attached hydrogen (secondary N) is 2. The first-order valence-corrected chi connectivity index (χ1v) is 8.67. The Balaban J connectivity index is 1.74. The Kier molecular flexibility index (Phi) is 5.84. The minimum Gasteiger partial charge on any atom is -0.394 e. The zero-order chi connectivity index (χ0) is 16.2. The highest BCUT2D eigenvalue weighted by atomic mass is 16.3. The average Bonchev–Trinajstić information content (AvgIpc) is 3.32. The quantitative estimate of drug-likeness (QED) is 0.670. The third-order valence-corrected chi connectivity index (χ3v) is 5.09. The van der Waals surface area contributed by atoms with Crippen LogP contribution >= 0.6 is 0 Å². The van der Waals surface area contributed by atoms with Crippen LogP contribution in [0.2, 0.25) is 0 Å². The summed E-state index contributed by atoms with van der Waals surface area (Å²) in [5.41, 5.74) is -0.510. The van der Waals surface area contributed by atoms with Gasteiger partial charge in [-0.3, -0.25) is 9.59 Å². The molecule has 2 rings (SSSR count). The molecular formula is C17H30N2O3. The molecule has 2 saturated carbocycles. The number of carbonyl (C=O) groups is 2. The fraction of sp³-hybridized carbons (Fsp3) is 0.882. The highest BCUT2D eigenvalue weighted by Crippen LogP contribution is 2.39. The highest BCUT2D eigenvalue weighted by molar-refractivity contribution is 5.81. The van der Waals surface area contributed by atoms with Crippen molar-refractivity contribution < 1.29 is 14.7 Å². The molecule has 0 spiro atoms. The second kappa shape index (κ2) is 7.44. The molecule has 126 valence electrons. The molecule has 0 bridgehead atoms. The summed E-state index contributed by atoms with van der Waals surface area (Å²) in [6.07, 6.45) is 7.80. The number of hydrogen-bond acceptors (Lipinski definition) is 3. The lowest BCUT2D eigenvalue weighted by Crippen LogP contribution is -2.52. The lowest BCUT2D eigenvalue weighted by molar-refractivity contribution is -0.127. The van der Waals surface area contributed by atoms with E-state index in [1.54, 1.807) is 0 Å². The summed E-state index contributed by atoms with van der Waals surface area (Å²) in [6, 6.07) is -0.170. The van der Waals surface area contributed by atoms with Gasteiger partial charge in [-0.15, -0.1) is 0 Å². The molecule has 5 heteroatoms. The maximum absolute atomic E-state index is 12.2. The van der Waals surface area contributed by atoms with Crippen molar-refractivity contribution in [2.75, 3.05) is 6.61 Å². The predicted molar refractivity (Wildman–Crippen MR) is 85.2 cm³/mol. The molecule has 0 aromatic carbocycles. The number of carbonyl (C=O) groups excluding carboxylic acids is 2. The molecule has 0 radical (unpaired) electrons. The minimum atomic E-state index is -0.510. The van der Waals surface area contributed by atoms with Crippen LogP contribution in [0.5, 0.6) is 0 Å². The first kappa shape index (κ1) is 17.3. The molecule has 0 aromatic rings. The van der Waals surface area contributed by atoms with Gasteiger partial charge in [-0.1, -0.05) is 19.3 Å². The molecule has 2 atom stereocenters. The van der Waals surface area contributed by atoms with Crippen molar-refractivity contribution in [3.05, 3.63) is 0 Å². The molecule has 0 aliphatic heterocycles. The van der Waals surface area contributed by atoms with E-state index in [-0.39, 0.29) is 36.8 Å². The number of aliphatic hydroxyl groups excluding tert-OH is 1. The van der Waals surface area contributed by atoms with Crippen molar-refractivity contribution in [2.24, 2.45) is 11.8 Å². The van der Waals surface area contributed by atoms with E-state index in [0.29, 0.717) is 5.92 Å². The number of hydrogen-bond donors (Lipinski definition) is 3. The van der Waals surface area contributed by atoms with Crippen molar-refractivity contribution in [3.63, 3.8) is 0 Å². The van der Waals surface area contributed by atoms with E-state index >= 15 is 0 Å². The number of aliphatic hydroxyl groups is 1. The van der Waals surface area contributed by atoms with Gasteiger partial charge in [0.05, 0.1) is 12.1 Å². The standard InChI is InChI=1S/C17H30N2O3/c1-12(18-16(22)13-6-4-3-5-7-13)10-15(21)19-17(2,11-20)14-8-9-14/h12-14,20H,3-11H2,1-2H3,(H,18,22)(H,19,21). The summed E-state index contributed by atoms with van der Waals surface area (Å²) >= 11 is 0. The third kappa shape index (κ3) is 4.70. The van der Waals surface area contributed by atoms with Gasteiger partial charge in [0.2, 0.25) is 11.8 Å². The third-order valence-electron chi connectivity index (χ3n) is 5.09. The smallest absolute Gasteiger partial charge is 0.223 e. The molecule has 0 aromatic heterocycles. The van der Waals surface area contributed by atoms with Crippen LogP contribution in [0.1, 0.15) is 65.2 Å². The monoisotopic (exact) mass is 310 g/mol. The first-order chi connectivity index (χ1) is 10.4. The van der Waals surface area contributed by atoms with Gasteiger partial charge in [-0.2, -0.15) is 0 Å². The molecule has 2 unspecified atom stereocenters. The first-order valence-electron chi connectivity index (χ1n) is 8.67. The van der Waals surface area contributed by atoms with Gasteiger partial charge in [-0.25, -0.2) is 0 Å². The lowest BCUT2D eigenvalue weighted by Gasteiger charge is -2.29. The van der Waals surface area contributed by atoms with Gasteiger partial charge < -0.3 is 15.7 Å². The minimum absolute atomic E-state index is 0.0355. The number of amides is 2. The van der Waals surface area contributed by atoms with Gasteiger partial charge in [0.1, 0.15) is 0 Å². The van der Waals surface area contributed by atoms with Gasteiger partial charge in [0.25, 0.3) is 0 Å². The number of rotatable bonds is 7. The molecule has 0 saturated heterocycles. The van der Waals surface area contributed by atoms with Gasteiger partial charge in [0.15, 0.2) is 0 Å². The lowest BCUT2D eigenvalue weighted by atomic mass is 9.88. The van der Waals surface area contributed by atoms with Gasteiger partial charge >= 0.3 is 0 Å². The van der Waals surface area contributed by atoms with E-state index in [4.69, 9.17) is 0 Å². The normalized spacial score (nSPS) is 23.4. The zero-order valence-corrected chi connectivity index (χ0v) is 13.9. The van der Waals surface area contributed by atoms with E-state index in [9.17, 15) is 14.7 Å². The van der Waals surface area contributed by atoms with E-state index in [1.807, 2.05) is 13.8 Å². The molecule has 2 amide bonds. The van der Waals surface area contributed by atoms with Crippen LogP contribution in [-0.2, 0) is 9.59 Å². The maximum Gasteiger partial charge on any atom is 0.223 e. The van der Waals surface area contributed by atoms with Crippen molar-refractivity contribution in [1.29, 1.82) is 0 Å². The van der Waals surface area contributed by atoms with E-state index in [0.717, 1.165) is 38.5 Å². The Hall–Kier alpha value is -1.10. The molecule has 0 heterocycles. The second-order valence-corrected chi connectivity index (χ2v) is 7.35. The second-order valence-electron chi connectivity index (χ2n) is 7.35. The van der Waals surface area contributed by atoms with Crippen LogP contribution in [0.3, 0.4) is 0 Å². The molecular weight excluding hydrogens is 280 g/mol. The van der Waals surface area contributed by atoms with E-state index < -0.39 is 5.54 Å². The molecule has 3 N–H and O–H groups in total. The summed E-state index contributed by atoms with van der Waals surface area (Å²) in [5.74, 6) is 0.494. The SMILES string of the molecule is CC(CC(=O)NC(C)(CO)C1CC1)NC(=O)C1CCCCC1. The average molecular weight is 310 g/mol. The van der Waals surface area contributed by atoms with Crippen LogP contribution in [0.4, 0.5) is 0 Å². The largest absolute Gasteiger partial charge is 0.394 e. The van der Waals surface area contributed by atoms with Crippen molar-refractivity contribution in [1.82, 2.24) is 10.6 Å². The van der Waals surface area contributed by atoms with E-state index in [2.05, 4.69) is 10.6 Å². The van der Waals surface area contributed by atoms with Crippen LogP contribution in [-0.4, -0.2) is 35.1 Å². The van der Waals surface area contributed by atoms with Crippen molar-refractivity contribution in [2.45, 2.75) is 76.8 Å². The summed E-state index contributed by atoms with van der Waals surface area (Å²) in [4.78, 5) is 24.3. The maximum atomic E-state index is 12.2. The summed E-state index contributed by atoms with van der Waals surface area (Å²) in [7, 11) is 0.